The Kier molecular flexibility index (Phi) is 5.69. The molecule has 8 heteroatoms. The van der Waals surface area contributed by atoms with Gasteiger partial charge in [-0.1, -0.05) is 25.6 Å². The smallest absolute Gasteiger partial charge is 0.243 e. The number of rotatable bonds is 4. The van der Waals surface area contributed by atoms with Gasteiger partial charge in [-0.15, -0.1) is 0 Å². The van der Waals surface area contributed by atoms with E-state index in [1.54, 1.807) is 20.8 Å². The van der Waals surface area contributed by atoms with Gasteiger partial charge in [0.1, 0.15) is 11.7 Å². The number of nitriles is 2. The number of amides is 2. The molecule has 0 unspecified atom stereocenters. The largest absolute Gasteiger partial charge is 0.325 e. The van der Waals surface area contributed by atoms with Gasteiger partial charge in [-0.3, -0.25) is 9.59 Å². The van der Waals surface area contributed by atoms with Crippen molar-refractivity contribution in [1.29, 1.82) is 10.5 Å². The van der Waals surface area contributed by atoms with Crippen LogP contribution in [-0.2, 0) is 9.59 Å². The molecule has 134 valence electrons. The van der Waals surface area contributed by atoms with E-state index in [2.05, 4.69) is 10.6 Å². The first-order valence-electron chi connectivity index (χ1n) is 7.79. The third kappa shape index (κ3) is 3.87. The molecule has 0 aromatic heterocycles. The molecule has 0 radical (unpaired) electrons. The Morgan fingerprint density at radius 2 is 1.96 bits per heavy atom. The molecule has 1 aromatic rings. The lowest BCUT2D eigenvalue weighted by atomic mass is 9.72. The highest BCUT2D eigenvalue weighted by Crippen LogP contribution is 2.42. The van der Waals surface area contributed by atoms with E-state index in [1.165, 1.54) is 24.3 Å². The van der Waals surface area contributed by atoms with Crippen LogP contribution in [0.1, 0.15) is 20.8 Å². The summed E-state index contributed by atoms with van der Waals surface area (Å²) in [4.78, 5) is 24.5. The predicted molar refractivity (Wildman–Crippen MR) is 95.7 cm³/mol. The molecule has 26 heavy (non-hydrogen) atoms. The SMILES string of the molecule is C[C@@H](SC1=C(C#N)C(C)(C)[C@H](C#N)C(=O)N1)C(=O)Nc1ccc(F)cc1. The summed E-state index contributed by atoms with van der Waals surface area (Å²) in [5.41, 5.74) is -0.257. The average molecular weight is 372 g/mol. The number of nitrogens with zero attached hydrogens (tertiary/aromatic N) is 2. The monoisotopic (exact) mass is 372 g/mol. The number of benzene rings is 1. The zero-order valence-electron chi connectivity index (χ0n) is 14.5. The van der Waals surface area contributed by atoms with Crippen molar-refractivity contribution in [2.75, 3.05) is 5.32 Å². The maximum absolute atomic E-state index is 12.9. The molecule has 0 aliphatic carbocycles. The molecule has 0 saturated carbocycles. The van der Waals surface area contributed by atoms with Crippen LogP contribution in [0.2, 0.25) is 0 Å². The van der Waals surface area contributed by atoms with Crippen LogP contribution in [0, 0.1) is 39.8 Å². The van der Waals surface area contributed by atoms with Gasteiger partial charge < -0.3 is 10.6 Å². The Labute approximate surface area is 155 Å². The molecule has 0 bridgehead atoms. The van der Waals surface area contributed by atoms with Gasteiger partial charge in [0.25, 0.3) is 0 Å². The Bertz CT molecular complexity index is 849. The number of carbonyl (C=O) groups is 2. The highest BCUT2D eigenvalue weighted by atomic mass is 32.2. The van der Waals surface area contributed by atoms with Crippen LogP contribution >= 0.6 is 11.8 Å². The van der Waals surface area contributed by atoms with Crippen LogP contribution in [0.25, 0.3) is 0 Å². The average Bonchev–Trinajstić information content (AvgIpc) is 2.56. The van der Waals surface area contributed by atoms with Crippen molar-refractivity contribution in [3.05, 3.63) is 40.7 Å². The summed E-state index contributed by atoms with van der Waals surface area (Å²) in [6.07, 6.45) is 0. The topological polar surface area (TPSA) is 106 Å². The zero-order valence-corrected chi connectivity index (χ0v) is 15.3. The van der Waals surface area contributed by atoms with Crippen molar-refractivity contribution in [3.8, 4) is 12.1 Å². The van der Waals surface area contributed by atoms with Gasteiger partial charge in [0.15, 0.2) is 0 Å². The number of thioether (sulfide) groups is 1. The fraction of sp³-hybridized carbons (Fsp3) is 0.333. The number of nitrogens with one attached hydrogen (secondary N) is 2. The van der Waals surface area contributed by atoms with Crippen molar-refractivity contribution in [2.45, 2.75) is 26.0 Å². The van der Waals surface area contributed by atoms with E-state index in [1.807, 2.05) is 12.1 Å². The molecule has 0 spiro atoms. The first-order valence-corrected chi connectivity index (χ1v) is 8.67. The summed E-state index contributed by atoms with van der Waals surface area (Å²) in [5, 5.41) is 23.6. The van der Waals surface area contributed by atoms with Crippen LogP contribution in [0.5, 0.6) is 0 Å². The molecular formula is C18H17FN4O2S. The van der Waals surface area contributed by atoms with E-state index in [0.717, 1.165) is 11.8 Å². The molecule has 6 nitrogen and oxygen atoms in total. The molecular weight excluding hydrogens is 355 g/mol. The fourth-order valence-corrected chi connectivity index (χ4v) is 3.63. The molecule has 1 aliphatic rings. The Hall–Kier alpha value is -2.84. The molecule has 2 N–H and O–H groups in total. The predicted octanol–water partition coefficient (Wildman–Crippen LogP) is 2.92. The standard InChI is InChI=1S/C18H17FN4O2S/c1-10(15(24)22-12-6-4-11(19)5-7-12)26-17-14(9-21)18(2,3)13(8-20)16(25)23-17/h4-7,10,13H,1-3H3,(H,22,24)(H,23,25)/t10-,13-/m1/s1. The second-order valence-corrected chi connectivity index (χ2v) is 7.70. The van der Waals surface area contributed by atoms with E-state index >= 15 is 0 Å². The minimum Gasteiger partial charge on any atom is -0.325 e. The highest BCUT2D eigenvalue weighted by molar-refractivity contribution is 8.04. The molecule has 1 heterocycles. The van der Waals surface area contributed by atoms with E-state index in [4.69, 9.17) is 0 Å². The second-order valence-electron chi connectivity index (χ2n) is 6.35. The molecule has 2 atom stereocenters. The lowest BCUT2D eigenvalue weighted by molar-refractivity contribution is -0.125. The van der Waals surface area contributed by atoms with Crippen LogP contribution < -0.4 is 10.6 Å². The summed E-state index contributed by atoms with van der Waals surface area (Å²) < 4.78 is 12.9. The van der Waals surface area contributed by atoms with Crippen molar-refractivity contribution >= 4 is 29.3 Å². The van der Waals surface area contributed by atoms with Crippen molar-refractivity contribution < 1.29 is 14.0 Å². The summed E-state index contributed by atoms with van der Waals surface area (Å²) in [5.74, 6) is -2.25. The van der Waals surface area contributed by atoms with Crippen LogP contribution in [-0.4, -0.2) is 17.1 Å². The summed E-state index contributed by atoms with van der Waals surface area (Å²) in [6.45, 7) is 4.94. The van der Waals surface area contributed by atoms with Crippen LogP contribution in [0.15, 0.2) is 34.9 Å². The summed E-state index contributed by atoms with van der Waals surface area (Å²) in [6, 6.07) is 9.31. The summed E-state index contributed by atoms with van der Waals surface area (Å²) >= 11 is 1.03. The molecule has 0 fully saturated rings. The Balaban J connectivity index is 2.20. The maximum Gasteiger partial charge on any atom is 0.243 e. The van der Waals surface area contributed by atoms with Crippen molar-refractivity contribution in [3.63, 3.8) is 0 Å². The second kappa shape index (κ2) is 7.59. The summed E-state index contributed by atoms with van der Waals surface area (Å²) in [7, 11) is 0. The number of hydrogen-bond acceptors (Lipinski definition) is 5. The quantitative estimate of drug-likeness (QED) is 0.845. The molecule has 2 amide bonds. The normalized spacial score (nSPS) is 19.8. The van der Waals surface area contributed by atoms with Crippen LogP contribution in [0.3, 0.4) is 0 Å². The minimum atomic E-state index is -0.982. The van der Waals surface area contributed by atoms with E-state index in [-0.39, 0.29) is 16.5 Å². The third-order valence-corrected chi connectivity index (χ3v) is 5.22. The van der Waals surface area contributed by atoms with Gasteiger partial charge in [-0.25, -0.2) is 4.39 Å². The number of anilines is 1. The number of hydrogen-bond donors (Lipinski definition) is 2. The Morgan fingerprint density at radius 1 is 1.35 bits per heavy atom. The first-order chi connectivity index (χ1) is 12.2. The highest BCUT2D eigenvalue weighted by Gasteiger charge is 2.45. The molecule has 0 saturated heterocycles. The van der Waals surface area contributed by atoms with Crippen molar-refractivity contribution in [2.24, 2.45) is 11.3 Å². The molecule has 2 rings (SSSR count). The zero-order chi connectivity index (χ0) is 19.5. The van der Waals surface area contributed by atoms with Gasteiger partial charge in [0.2, 0.25) is 11.8 Å². The number of carbonyl (C=O) groups excluding carboxylic acids is 2. The van der Waals surface area contributed by atoms with Crippen molar-refractivity contribution in [1.82, 2.24) is 5.32 Å². The minimum absolute atomic E-state index is 0.259. The van der Waals surface area contributed by atoms with Gasteiger partial charge in [-0.05, 0) is 31.2 Å². The number of halogens is 1. The first kappa shape index (κ1) is 19.5. The van der Waals surface area contributed by atoms with Crippen LogP contribution in [0.4, 0.5) is 10.1 Å². The lowest BCUT2D eigenvalue weighted by Crippen LogP contribution is -2.45. The third-order valence-electron chi connectivity index (χ3n) is 4.11. The van der Waals surface area contributed by atoms with E-state index in [9.17, 15) is 24.5 Å². The van der Waals surface area contributed by atoms with E-state index in [0.29, 0.717) is 5.69 Å². The number of allylic oxidation sites excluding steroid dienone is 1. The van der Waals surface area contributed by atoms with Gasteiger partial charge in [-0.2, -0.15) is 10.5 Å². The lowest BCUT2D eigenvalue weighted by Gasteiger charge is -2.35. The van der Waals surface area contributed by atoms with E-state index < -0.39 is 28.3 Å². The maximum atomic E-state index is 12.9. The van der Waals surface area contributed by atoms with Gasteiger partial charge in [0, 0.05) is 11.1 Å². The van der Waals surface area contributed by atoms with Gasteiger partial charge in [0.05, 0.1) is 28.0 Å². The fourth-order valence-electron chi connectivity index (χ4n) is 2.52. The molecule has 1 aliphatic heterocycles. The molecule has 1 aromatic carbocycles. The van der Waals surface area contributed by atoms with Gasteiger partial charge >= 0.3 is 0 Å². The Morgan fingerprint density at radius 3 is 2.50 bits per heavy atom.